The predicted molar refractivity (Wildman–Crippen MR) is 93.0 cm³/mol. The van der Waals surface area contributed by atoms with E-state index >= 15 is 0 Å². The summed E-state index contributed by atoms with van der Waals surface area (Å²) in [6.07, 6.45) is 1.68. The number of likely N-dealkylation sites (N-methyl/N-ethyl adjacent to an activating group) is 1. The molecule has 124 valence electrons. The van der Waals surface area contributed by atoms with Gasteiger partial charge < -0.3 is 9.80 Å². The number of para-hydroxylation sites is 1. The Labute approximate surface area is 138 Å². The van der Waals surface area contributed by atoms with Gasteiger partial charge in [0, 0.05) is 19.1 Å². The normalized spacial score (nSPS) is 11.3. The van der Waals surface area contributed by atoms with Crippen LogP contribution in [0.2, 0.25) is 0 Å². The summed E-state index contributed by atoms with van der Waals surface area (Å²) in [5.41, 5.74) is 2.51. The number of carbonyl (C=O) groups is 1. The van der Waals surface area contributed by atoms with Crippen molar-refractivity contribution in [3.8, 4) is 5.69 Å². The van der Waals surface area contributed by atoms with Gasteiger partial charge in [-0.15, -0.1) is 0 Å². The smallest absolute Gasteiger partial charge is 0.257 e. The van der Waals surface area contributed by atoms with E-state index in [1.165, 1.54) is 0 Å². The van der Waals surface area contributed by atoms with E-state index in [4.69, 9.17) is 0 Å². The second kappa shape index (κ2) is 7.42. The fourth-order valence-electron chi connectivity index (χ4n) is 2.51. The van der Waals surface area contributed by atoms with Gasteiger partial charge in [0.05, 0.1) is 23.1 Å². The minimum absolute atomic E-state index is 0.0431. The highest BCUT2D eigenvalue weighted by atomic mass is 16.2. The van der Waals surface area contributed by atoms with Crippen LogP contribution in [0.3, 0.4) is 0 Å². The molecule has 0 saturated heterocycles. The zero-order valence-electron chi connectivity index (χ0n) is 14.7. The van der Waals surface area contributed by atoms with E-state index in [0.29, 0.717) is 12.1 Å². The Hall–Kier alpha value is -2.14. The van der Waals surface area contributed by atoms with Crippen molar-refractivity contribution in [3.63, 3.8) is 0 Å². The molecule has 0 unspecified atom stereocenters. The highest BCUT2D eigenvalue weighted by molar-refractivity contribution is 5.95. The third kappa shape index (κ3) is 3.99. The van der Waals surface area contributed by atoms with Crippen molar-refractivity contribution in [2.45, 2.75) is 26.8 Å². The van der Waals surface area contributed by atoms with Gasteiger partial charge >= 0.3 is 0 Å². The number of rotatable bonds is 6. The molecule has 5 nitrogen and oxygen atoms in total. The number of nitrogens with zero attached hydrogens (tertiary/aromatic N) is 4. The van der Waals surface area contributed by atoms with Crippen LogP contribution in [-0.2, 0) is 0 Å². The van der Waals surface area contributed by atoms with Crippen LogP contribution in [0.5, 0.6) is 0 Å². The molecule has 0 fully saturated rings. The quantitative estimate of drug-likeness (QED) is 0.823. The summed E-state index contributed by atoms with van der Waals surface area (Å²) in [7, 11) is 4.03. The van der Waals surface area contributed by atoms with Gasteiger partial charge in [0.25, 0.3) is 5.91 Å². The number of amides is 1. The van der Waals surface area contributed by atoms with Crippen molar-refractivity contribution in [1.29, 1.82) is 0 Å². The number of aromatic nitrogens is 2. The fourth-order valence-corrected chi connectivity index (χ4v) is 2.51. The Bertz CT molecular complexity index is 646. The highest BCUT2D eigenvalue weighted by Crippen LogP contribution is 2.17. The van der Waals surface area contributed by atoms with E-state index in [1.807, 2.05) is 74.8 Å². The summed E-state index contributed by atoms with van der Waals surface area (Å²) < 4.78 is 1.82. The first-order chi connectivity index (χ1) is 10.9. The zero-order chi connectivity index (χ0) is 17.0. The number of carbonyl (C=O) groups excluding carboxylic acids is 1. The Morgan fingerprint density at radius 2 is 1.83 bits per heavy atom. The van der Waals surface area contributed by atoms with Crippen molar-refractivity contribution in [3.05, 3.63) is 47.8 Å². The van der Waals surface area contributed by atoms with Crippen LogP contribution in [-0.4, -0.2) is 58.7 Å². The summed E-state index contributed by atoms with van der Waals surface area (Å²) in [5, 5.41) is 4.40. The van der Waals surface area contributed by atoms with Gasteiger partial charge in [-0.25, -0.2) is 4.68 Å². The van der Waals surface area contributed by atoms with Crippen LogP contribution in [0.15, 0.2) is 36.5 Å². The lowest BCUT2D eigenvalue weighted by atomic mass is 10.2. The standard InChI is InChI=1S/C18H26N4O/c1-14(2)21(12-11-20(4)5)18(23)17-13-19-22(15(17)3)16-9-7-6-8-10-16/h6-10,13-14H,11-12H2,1-5H3. The molecule has 0 N–H and O–H groups in total. The predicted octanol–water partition coefficient (Wildman–Crippen LogP) is 2.59. The van der Waals surface area contributed by atoms with Crippen molar-refractivity contribution in [1.82, 2.24) is 19.6 Å². The Morgan fingerprint density at radius 3 is 2.39 bits per heavy atom. The van der Waals surface area contributed by atoms with E-state index in [-0.39, 0.29) is 11.9 Å². The minimum Gasteiger partial charge on any atom is -0.335 e. The van der Waals surface area contributed by atoms with E-state index in [9.17, 15) is 4.79 Å². The zero-order valence-corrected chi connectivity index (χ0v) is 14.7. The summed E-state index contributed by atoms with van der Waals surface area (Å²) >= 11 is 0. The number of hydrogen-bond acceptors (Lipinski definition) is 3. The lowest BCUT2D eigenvalue weighted by Gasteiger charge is -2.28. The third-order valence-electron chi connectivity index (χ3n) is 3.91. The molecule has 0 spiro atoms. The molecule has 0 aliphatic carbocycles. The minimum atomic E-state index is 0.0431. The molecule has 1 aromatic carbocycles. The molecule has 5 heteroatoms. The fraction of sp³-hybridized carbons (Fsp3) is 0.444. The lowest BCUT2D eigenvalue weighted by molar-refractivity contribution is 0.0692. The van der Waals surface area contributed by atoms with Crippen LogP contribution < -0.4 is 0 Å². The average molecular weight is 314 g/mol. The van der Waals surface area contributed by atoms with Gasteiger partial charge in [-0.05, 0) is 47.0 Å². The summed E-state index contributed by atoms with van der Waals surface area (Å²) in [6.45, 7) is 7.59. The van der Waals surface area contributed by atoms with Crippen molar-refractivity contribution < 1.29 is 4.79 Å². The molecule has 0 aliphatic rings. The van der Waals surface area contributed by atoms with Crippen LogP contribution in [0.25, 0.3) is 5.69 Å². The topological polar surface area (TPSA) is 41.4 Å². The maximum absolute atomic E-state index is 12.9. The van der Waals surface area contributed by atoms with Gasteiger partial charge in [0.2, 0.25) is 0 Å². The molecule has 0 saturated carbocycles. The third-order valence-corrected chi connectivity index (χ3v) is 3.91. The molecule has 2 rings (SSSR count). The van der Waals surface area contributed by atoms with Crippen LogP contribution in [0.1, 0.15) is 29.9 Å². The Balaban J connectivity index is 2.27. The SMILES string of the molecule is Cc1c(C(=O)N(CCN(C)C)C(C)C)cnn1-c1ccccc1. The second-order valence-corrected chi connectivity index (χ2v) is 6.29. The van der Waals surface area contributed by atoms with Crippen LogP contribution >= 0.6 is 0 Å². The molecule has 2 aromatic rings. The van der Waals surface area contributed by atoms with Gasteiger partial charge in [-0.3, -0.25) is 4.79 Å². The molecule has 0 bridgehead atoms. The van der Waals surface area contributed by atoms with E-state index < -0.39 is 0 Å². The lowest BCUT2D eigenvalue weighted by Crippen LogP contribution is -2.41. The van der Waals surface area contributed by atoms with Gasteiger partial charge in [-0.1, -0.05) is 18.2 Å². The van der Waals surface area contributed by atoms with Crippen LogP contribution in [0.4, 0.5) is 0 Å². The first-order valence-electron chi connectivity index (χ1n) is 7.97. The first-order valence-corrected chi connectivity index (χ1v) is 7.97. The molecule has 0 radical (unpaired) electrons. The van der Waals surface area contributed by atoms with E-state index in [0.717, 1.165) is 17.9 Å². The number of benzene rings is 1. The largest absolute Gasteiger partial charge is 0.335 e. The summed E-state index contributed by atoms with van der Waals surface area (Å²) in [4.78, 5) is 16.9. The van der Waals surface area contributed by atoms with Gasteiger partial charge in [0.15, 0.2) is 0 Å². The summed E-state index contributed by atoms with van der Waals surface area (Å²) in [6, 6.07) is 10.0. The molecule has 0 atom stereocenters. The summed E-state index contributed by atoms with van der Waals surface area (Å²) in [5.74, 6) is 0.0431. The molecule has 23 heavy (non-hydrogen) atoms. The average Bonchev–Trinajstić information content (AvgIpc) is 2.89. The van der Waals surface area contributed by atoms with Crippen LogP contribution in [0, 0.1) is 6.92 Å². The maximum Gasteiger partial charge on any atom is 0.257 e. The maximum atomic E-state index is 12.9. The van der Waals surface area contributed by atoms with Crippen molar-refractivity contribution in [2.75, 3.05) is 27.2 Å². The van der Waals surface area contributed by atoms with E-state index in [1.54, 1.807) is 6.20 Å². The van der Waals surface area contributed by atoms with Crippen molar-refractivity contribution >= 4 is 5.91 Å². The molecular weight excluding hydrogens is 288 g/mol. The number of hydrogen-bond donors (Lipinski definition) is 0. The molecular formula is C18H26N4O. The van der Waals surface area contributed by atoms with Crippen molar-refractivity contribution in [2.24, 2.45) is 0 Å². The first kappa shape index (κ1) is 17.2. The molecule has 1 amide bonds. The molecule has 1 aromatic heterocycles. The Morgan fingerprint density at radius 1 is 1.17 bits per heavy atom. The second-order valence-electron chi connectivity index (χ2n) is 6.29. The molecule has 0 aliphatic heterocycles. The van der Waals surface area contributed by atoms with Gasteiger partial charge in [0.1, 0.15) is 0 Å². The van der Waals surface area contributed by atoms with E-state index in [2.05, 4.69) is 10.00 Å². The van der Waals surface area contributed by atoms with Gasteiger partial charge in [-0.2, -0.15) is 5.10 Å². The highest BCUT2D eigenvalue weighted by Gasteiger charge is 2.23. The molecule has 1 heterocycles. The Kier molecular flexibility index (Phi) is 5.55. The monoisotopic (exact) mass is 314 g/mol.